The van der Waals surface area contributed by atoms with Crippen LogP contribution in [0.2, 0.25) is 0 Å². The SMILES string of the molecule is CC(C)(C)OC(=O)CCC[C@@H](O)c1cccc(O)c1. The van der Waals surface area contributed by atoms with Crippen molar-refractivity contribution in [1.29, 1.82) is 0 Å². The van der Waals surface area contributed by atoms with Crippen LogP contribution in [0.25, 0.3) is 0 Å². The van der Waals surface area contributed by atoms with E-state index >= 15 is 0 Å². The molecule has 1 aromatic carbocycles. The van der Waals surface area contributed by atoms with Crippen molar-refractivity contribution in [2.75, 3.05) is 0 Å². The van der Waals surface area contributed by atoms with Gasteiger partial charge in [0.2, 0.25) is 0 Å². The van der Waals surface area contributed by atoms with E-state index in [1.807, 2.05) is 20.8 Å². The van der Waals surface area contributed by atoms with Crippen LogP contribution in [-0.2, 0) is 9.53 Å². The number of aliphatic hydroxyl groups is 1. The molecule has 1 aromatic rings. The van der Waals surface area contributed by atoms with E-state index in [2.05, 4.69) is 0 Å². The average Bonchev–Trinajstić information content (AvgIpc) is 2.26. The molecule has 0 bridgehead atoms. The maximum absolute atomic E-state index is 11.5. The molecule has 0 aliphatic rings. The van der Waals surface area contributed by atoms with Gasteiger partial charge in [-0.2, -0.15) is 0 Å². The Bertz CT molecular complexity index is 420. The highest BCUT2D eigenvalue weighted by Crippen LogP contribution is 2.22. The molecule has 0 aromatic heterocycles. The quantitative estimate of drug-likeness (QED) is 0.804. The zero-order valence-corrected chi connectivity index (χ0v) is 11.7. The van der Waals surface area contributed by atoms with E-state index in [0.29, 0.717) is 18.4 Å². The van der Waals surface area contributed by atoms with Crippen molar-refractivity contribution in [3.05, 3.63) is 29.8 Å². The number of aromatic hydroxyl groups is 1. The van der Waals surface area contributed by atoms with Crippen molar-refractivity contribution in [3.8, 4) is 5.75 Å². The minimum absolute atomic E-state index is 0.128. The summed E-state index contributed by atoms with van der Waals surface area (Å²) in [5, 5.41) is 19.2. The second-order valence-corrected chi connectivity index (χ2v) is 5.59. The Kier molecular flexibility index (Phi) is 5.36. The number of ether oxygens (including phenoxy) is 1. The first-order chi connectivity index (χ1) is 8.78. The van der Waals surface area contributed by atoms with Gasteiger partial charge in [-0.1, -0.05) is 12.1 Å². The van der Waals surface area contributed by atoms with E-state index in [1.54, 1.807) is 18.2 Å². The highest BCUT2D eigenvalue weighted by atomic mass is 16.6. The summed E-state index contributed by atoms with van der Waals surface area (Å²) in [6, 6.07) is 6.51. The minimum Gasteiger partial charge on any atom is -0.508 e. The predicted molar refractivity (Wildman–Crippen MR) is 72.8 cm³/mol. The third-order valence-corrected chi connectivity index (χ3v) is 2.53. The van der Waals surface area contributed by atoms with Crippen LogP contribution in [0.15, 0.2) is 24.3 Å². The number of phenols is 1. The first-order valence-electron chi connectivity index (χ1n) is 6.47. The van der Waals surface area contributed by atoms with Gasteiger partial charge in [-0.15, -0.1) is 0 Å². The third kappa shape index (κ3) is 6.25. The van der Waals surface area contributed by atoms with Crippen LogP contribution in [0.3, 0.4) is 0 Å². The first-order valence-corrected chi connectivity index (χ1v) is 6.47. The van der Waals surface area contributed by atoms with Gasteiger partial charge in [-0.3, -0.25) is 4.79 Å². The van der Waals surface area contributed by atoms with Crippen LogP contribution in [-0.4, -0.2) is 21.8 Å². The lowest BCUT2D eigenvalue weighted by Crippen LogP contribution is -2.23. The zero-order chi connectivity index (χ0) is 14.5. The Balaban J connectivity index is 2.35. The standard InChI is InChI=1S/C15H22O4/c1-15(2,3)19-14(18)9-5-8-13(17)11-6-4-7-12(16)10-11/h4,6-7,10,13,16-17H,5,8-9H2,1-3H3/t13-/m1/s1. The lowest BCUT2D eigenvalue weighted by Gasteiger charge is -2.19. The summed E-state index contributed by atoms with van der Waals surface area (Å²) in [6.45, 7) is 5.48. The Morgan fingerprint density at radius 2 is 2.05 bits per heavy atom. The maximum atomic E-state index is 11.5. The van der Waals surface area contributed by atoms with E-state index < -0.39 is 11.7 Å². The van der Waals surface area contributed by atoms with Gasteiger partial charge in [0.25, 0.3) is 0 Å². The molecule has 4 heteroatoms. The lowest BCUT2D eigenvalue weighted by atomic mass is 10.0. The molecule has 0 saturated carbocycles. The van der Waals surface area contributed by atoms with Gasteiger partial charge in [0.15, 0.2) is 0 Å². The van der Waals surface area contributed by atoms with Crippen LogP contribution >= 0.6 is 0 Å². The van der Waals surface area contributed by atoms with Crippen molar-refractivity contribution in [3.63, 3.8) is 0 Å². The van der Waals surface area contributed by atoms with Crippen molar-refractivity contribution in [1.82, 2.24) is 0 Å². The molecular weight excluding hydrogens is 244 g/mol. The minimum atomic E-state index is -0.672. The number of aliphatic hydroxyl groups excluding tert-OH is 1. The van der Waals surface area contributed by atoms with Crippen molar-refractivity contribution < 1.29 is 19.7 Å². The summed E-state index contributed by atoms with van der Waals surface area (Å²) in [7, 11) is 0. The van der Waals surface area contributed by atoms with Crippen LogP contribution in [0.4, 0.5) is 0 Å². The topological polar surface area (TPSA) is 66.8 Å². The fourth-order valence-electron chi connectivity index (χ4n) is 1.73. The number of hydrogen-bond donors (Lipinski definition) is 2. The number of carbonyl (C=O) groups is 1. The molecule has 1 rings (SSSR count). The average molecular weight is 266 g/mol. The van der Waals surface area contributed by atoms with Crippen molar-refractivity contribution in [2.24, 2.45) is 0 Å². The highest BCUT2D eigenvalue weighted by molar-refractivity contribution is 5.69. The molecule has 0 amide bonds. The fraction of sp³-hybridized carbons (Fsp3) is 0.533. The zero-order valence-electron chi connectivity index (χ0n) is 11.7. The second kappa shape index (κ2) is 6.57. The summed E-state index contributed by atoms with van der Waals surface area (Å²) in [4.78, 5) is 11.5. The number of phenolic OH excluding ortho intramolecular Hbond substituents is 1. The van der Waals surface area contributed by atoms with Crippen molar-refractivity contribution >= 4 is 5.97 Å². The summed E-state index contributed by atoms with van der Waals surface area (Å²) in [5.41, 5.74) is 0.185. The van der Waals surface area contributed by atoms with Crippen LogP contribution < -0.4 is 0 Å². The van der Waals surface area contributed by atoms with E-state index in [1.165, 1.54) is 6.07 Å². The van der Waals surface area contributed by atoms with E-state index in [-0.39, 0.29) is 18.1 Å². The number of rotatable bonds is 5. The molecule has 0 unspecified atom stereocenters. The lowest BCUT2D eigenvalue weighted by molar-refractivity contribution is -0.155. The van der Waals surface area contributed by atoms with Crippen LogP contribution in [0, 0.1) is 0 Å². The third-order valence-electron chi connectivity index (χ3n) is 2.53. The van der Waals surface area contributed by atoms with E-state index in [4.69, 9.17) is 4.74 Å². The smallest absolute Gasteiger partial charge is 0.306 e. The number of carbonyl (C=O) groups excluding carboxylic acids is 1. The summed E-state index contributed by atoms with van der Waals surface area (Å²) in [6.07, 6.45) is 0.622. The molecule has 0 aliphatic carbocycles. The molecular formula is C15H22O4. The predicted octanol–water partition coefficient (Wildman–Crippen LogP) is 2.94. The van der Waals surface area contributed by atoms with Gasteiger partial charge >= 0.3 is 5.97 Å². The second-order valence-electron chi connectivity index (χ2n) is 5.59. The van der Waals surface area contributed by atoms with Crippen LogP contribution in [0.5, 0.6) is 5.75 Å². The molecule has 0 saturated heterocycles. The molecule has 106 valence electrons. The summed E-state index contributed by atoms with van der Waals surface area (Å²) >= 11 is 0. The Morgan fingerprint density at radius 1 is 1.37 bits per heavy atom. The van der Waals surface area contributed by atoms with Gasteiger partial charge in [0.1, 0.15) is 11.4 Å². The summed E-state index contributed by atoms with van der Waals surface area (Å²) < 4.78 is 5.18. The molecule has 4 nitrogen and oxygen atoms in total. The van der Waals surface area contributed by atoms with Crippen LogP contribution in [0.1, 0.15) is 51.7 Å². The maximum Gasteiger partial charge on any atom is 0.306 e. The van der Waals surface area contributed by atoms with Gasteiger partial charge in [-0.05, 0) is 51.3 Å². The van der Waals surface area contributed by atoms with Gasteiger partial charge in [-0.25, -0.2) is 0 Å². The largest absolute Gasteiger partial charge is 0.508 e. The van der Waals surface area contributed by atoms with Gasteiger partial charge in [0.05, 0.1) is 6.10 Å². The molecule has 0 aliphatic heterocycles. The molecule has 1 atom stereocenters. The Morgan fingerprint density at radius 3 is 2.63 bits per heavy atom. The molecule has 19 heavy (non-hydrogen) atoms. The number of esters is 1. The molecule has 0 spiro atoms. The summed E-state index contributed by atoms with van der Waals surface area (Å²) in [5.74, 6) is -0.126. The van der Waals surface area contributed by atoms with E-state index in [0.717, 1.165) is 0 Å². The molecule has 0 fully saturated rings. The van der Waals surface area contributed by atoms with Gasteiger partial charge < -0.3 is 14.9 Å². The normalized spacial score (nSPS) is 13.1. The van der Waals surface area contributed by atoms with E-state index in [9.17, 15) is 15.0 Å². The fourth-order valence-corrected chi connectivity index (χ4v) is 1.73. The monoisotopic (exact) mass is 266 g/mol. The van der Waals surface area contributed by atoms with Gasteiger partial charge in [0, 0.05) is 6.42 Å². The number of benzene rings is 1. The van der Waals surface area contributed by atoms with Crippen molar-refractivity contribution in [2.45, 2.75) is 51.7 Å². The molecule has 0 heterocycles. The number of hydrogen-bond acceptors (Lipinski definition) is 4. The molecule has 0 radical (unpaired) electrons. The molecule has 2 N–H and O–H groups in total. The Labute approximate surface area is 114 Å². The first kappa shape index (κ1) is 15.5. The highest BCUT2D eigenvalue weighted by Gasteiger charge is 2.16. The Hall–Kier alpha value is -1.55.